The molecule has 2 aromatic heterocycles. The highest BCUT2D eigenvalue weighted by Gasteiger charge is 2.33. The van der Waals surface area contributed by atoms with Crippen LogP contribution in [0, 0.1) is 0 Å². The van der Waals surface area contributed by atoms with Crippen molar-refractivity contribution in [2.45, 2.75) is 18.7 Å². The van der Waals surface area contributed by atoms with Crippen LogP contribution < -0.4 is 0 Å². The standard InChI is InChI=1S/C11H12FN3O2S/c12-8-5-15(6-9(8)16)10(17)3-7-4-14-1-2-18-11(14)13-7/h1-2,4,8-9,16H,3,5-6H2/t8-,9-/m1/s1. The molecule has 1 amide bonds. The number of β-amino-alcohol motifs (C(OH)–C–C–N with tert-alkyl or cyclic N) is 1. The van der Waals surface area contributed by atoms with Gasteiger partial charge in [0.15, 0.2) is 4.96 Å². The topological polar surface area (TPSA) is 57.8 Å². The fourth-order valence-electron chi connectivity index (χ4n) is 2.08. The van der Waals surface area contributed by atoms with Crippen molar-refractivity contribution in [2.75, 3.05) is 13.1 Å². The molecule has 7 heteroatoms. The third-order valence-corrected chi connectivity index (χ3v) is 3.82. The molecular formula is C11H12FN3O2S. The zero-order chi connectivity index (χ0) is 12.7. The lowest BCUT2D eigenvalue weighted by molar-refractivity contribution is -0.129. The van der Waals surface area contributed by atoms with E-state index in [1.165, 1.54) is 16.2 Å². The molecule has 0 aromatic carbocycles. The first kappa shape index (κ1) is 11.6. The molecule has 1 aliphatic rings. The molecule has 2 atom stereocenters. The largest absolute Gasteiger partial charge is 0.388 e. The van der Waals surface area contributed by atoms with Gasteiger partial charge in [0.1, 0.15) is 12.3 Å². The monoisotopic (exact) mass is 269 g/mol. The Hall–Kier alpha value is -1.47. The van der Waals surface area contributed by atoms with E-state index < -0.39 is 12.3 Å². The number of thiazole rings is 1. The van der Waals surface area contributed by atoms with E-state index in [4.69, 9.17) is 0 Å². The van der Waals surface area contributed by atoms with Crippen LogP contribution >= 0.6 is 11.3 Å². The Bertz CT molecular complexity index is 543. The van der Waals surface area contributed by atoms with Crippen molar-refractivity contribution < 1.29 is 14.3 Å². The molecule has 1 N–H and O–H groups in total. The molecule has 96 valence electrons. The van der Waals surface area contributed by atoms with Gasteiger partial charge in [-0.1, -0.05) is 0 Å². The number of alkyl halides is 1. The molecular weight excluding hydrogens is 257 g/mol. The van der Waals surface area contributed by atoms with Crippen molar-refractivity contribution in [3.63, 3.8) is 0 Å². The normalized spacial score (nSPS) is 24.0. The van der Waals surface area contributed by atoms with Crippen LogP contribution in [0.1, 0.15) is 5.69 Å². The van der Waals surface area contributed by atoms with Gasteiger partial charge in [0.2, 0.25) is 5.91 Å². The van der Waals surface area contributed by atoms with Crippen LogP contribution in [-0.4, -0.2) is 50.7 Å². The number of nitrogens with zero attached hydrogens (tertiary/aromatic N) is 3. The molecule has 0 unspecified atom stereocenters. The van der Waals surface area contributed by atoms with Crippen LogP contribution in [0.5, 0.6) is 0 Å². The SMILES string of the molecule is O=C(Cc1cn2ccsc2n1)N1C[C@@H](O)[C@H](F)C1. The maximum absolute atomic E-state index is 13.1. The molecule has 0 radical (unpaired) electrons. The number of fused-ring (bicyclic) bond motifs is 1. The lowest BCUT2D eigenvalue weighted by Crippen LogP contribution is -2.31. The molecule has 18 heavy (non-hydrogen) atoms. The molecule has 0 spiro atoms. The van der Waals surface area contributed by atoms with E-state index in [2.05, 4.69) is 4.98 Å². The van der Waals surface area contributed by atoms with Gasteiger partial charge in [0.05, 0.1) is 18.7 Å². The number of amides is 1. The van der Waals surface area contributed by atoms with Crippen molar-refractivity contribution in [3.05, 3.63) is 23.5 Å². The smallest absolute Gasteiger partial charge is 0.228 e. The summed E-state index contributed by atoms with van der Waals surface area (Å²) >= 11 is 1.50. The van der Waals surface area contributed by atoms with E-state index in [0.29, 0.717) is 5.69 Å². The number of likely N-dealkylation sites (tertiary alicyclic amines) is 1. The second-order valence-electron chi connectivity index (χ2n) is 4.38. The summed E-state index contributed by atoms with van der Waals surface area (Å²) in [6.07, 6.45) is 1.42. The number of rotatable bonds is 2. The summed E-state index contributed by atoms with van der Waals surface area (Å²) in [5, 5.41) is 11.2. The quantitative estimate of drug-likeness (QED) is 0.862. The zero-order valence-corrected chi connectivity index (χ0v) is 10.3. The first-order chi connectivity index (χ1) is 8.63. The Balaban J connectivity index is 1.69. The van der Waals surface area contributed by atoms with Gasteiger partial charge < -0.3 is 10.0 Å². The highest BCUT2D eigenvalue weighted by atomic mass is 32.1. The summed E-state index contributed by atoms with van der Waals surface area (Å²) in [5.41, 5.74) is 0.670. The van der Waals surface area contributed by atoms with Crippen LogP contribution in [0.2, 0.25) is 0 Å². The molecule has 3 rings (SSSR count). The van der Waals surface area contributed by atoms with Crippen molar-refractivity contribution in [2.24, 2.45) is 0 Å². The van der Waals surface area contributed by atoms with Crippen molar-refractivity contribution in [3.8, 4) is 0 Å². The van der Waals surface area contributed by atoms with Gasteiger partial charge in [0, 0.05) is 24.3 Å². The molecule has 2 aromatic rings. The van der Waals surface area contributed by atoms with E-state index in [0.717, 1.165) is 4.96 Å². The van der Waals surface area contributed by atoms with E-state index in [-0.39, 0.29) is 25.4 Å². The minimum Gasteiger partial charge on any atom is -0.388 e. The predicted molar refractivity (Wildman–Crippen MR) is 64.3 cm³/mol. The number of carbonyl (C=O) groups excluding carboxylic acids is 1. The number of aromatic nitrogens is 2. The van der Waals surface area contributed by atoms with E-state index in [1.807, 2.05) is 16.0 Å². The van der Waals surface area contributed by atoms with Crippen molar-refractivity contribution >= 4 is 22.2 Å². The summed E-state index contributed by atoms with van der Waals surface area (Å²) < 4.78 is 15.0. The minimum atomic E-state index is -1.33. The van der Waals surface area contributed by atoms with Gasteiger partial charge in [-0.25, -0.2) is 9.37 Å². The Morgan fingerprint density at radius 1 is 1.61 bits per heavy atom. The second-order valence-corrected chi connectivity index (χ2v) is 5.26. The lowest BCUT2D eigenvalue weighted by atomic mass is 10.3. The van der Waals surface area contributed by atoms with Crippen LogP contribution in [0.25, 0.3) is 4.96 Å². The molecule has 0 bridgehead atoms. The van der Waals surface area contributed by atoms with Gasteiger partial charge >= 0.3 is 0 Å². The molecule has 5 nitrogen and oxygen atoms in total. The molecule has 1 aliphatic heterocycles. The summed E-state index contributed by atoms with van der Waals surface area (Å²) in [7, 11) is 0. The summed E-state index contributed by atoms with van der Waals surface area (Å²) in [6, 6.07) is 0. The minimum absolute atomic E-state index is 0.0256. The van der Waals surface area contributed by atoms with Gasteiger partial charge in [-0.15, -0.1) is 11.3 Å². The number of hydrogen-bond donors (Lipinski definition) is 1. The molecule has 0 aliphatic carbocycles. The molecule has 3 heterocycles. The number of aliphatic hydroxyl groups is 1. The fourth-order valence-corrected chi connectivity index (χ4v) is 2.80. The number of carbonyl (C=O) groups is 1. The maximum atomic E-state index is 13.1. The third kappa shape index (κ3) is 1.99. The van der Waals surface area contributed by atoms with Crippen LogP contribution in [0.4, 0.5) is 4.39 Å². The Kier molecular flexibility index (Phi) is 2.79. The Morgan fingerprint density at radius 3 is 3.11 bits per heavy atom. The zero-order valence-electron chi connectivity index (χ0n) is 9.49. The van der Waals surface area contributed by atoms with Gasteiger partial charge in [-0.3, -0.25) is 9.20 Å². The van der Waals surface area contributed by atoms with E-state index in [9.17, 15) is 14.3 Å². The number of imidazole rings is 1. The Labute approximate surface area is 106 Å². The van der Waals surface area contributed by atoms with Gasteiger partial charge in [-0.05, 0) is 0 Å². The summed E-state index contributed by atoms with van der Waals surface area (Å²) in [4.78, 5) is 18.4. The summed E-state index contributed by atoms with van der Waals surface area (Å²) in [6.45, 7) is 0.0461. The fraction of sp³-hybridized carbons (Fsp3) is 0.455. The van der Waals surface area contributed by atoms with Crippen molar-refractivity contribution in [1.82, 2.24) is 14.3 Å². The lowest BCUT2D eigenvalue weighted by Gasteiger charge is -2.13. The molecule has 1 fully saturated rings. The van der Waals surface area contributed by atoms with Crippen LogP contribution in [-0.2, 0) is 11.2 Å². The average molecular weight is 269 g/mol. The van der Waals surface area contributed by atoms with Crippen molar-refractivity contribution in [1.29, 1.82) is 0 Å². The number of hydrogen-bond acceptors (Lipinski definition) is 4. The van der Waals surface area contributed by atoms with Crippen LogP contribution in [0.15, 0.2) is 17.8 Å². The van der Waals surface area contributed by atoms with Gasteiger partial charge in [0.25, 0.3) is 0 Å². The van der Waals surface area contributed by atoms with Gasteiger partial charge in [-0.2, -0.15) is 0 Å². The van der Waals surface area contributed by atoms with Crippen LogP contribution in [0.3, 0.4) is 0 Å². The first-order valence-corrected chi connectivity index (χ1v) is 6.52. The second kappa shape index (κ2) is 4.33. The maximum Gasteiger partial charge on any atom is 0.228 e. The first-order valence-electron chi connectivity index (χ1n) is 5.64. The van der Waals surface area contributed by atoms with E-state index in [1.54, 1.807) is 6.20 Å². The highest BCUT2D eigenvalue weighted by Crippen LogP contribution is 2.16. The van der Waals surface area contributed by atoms with E-state index >= 15 is 0 Å². The molecule has 1 saturated heterocycles. The highest BCUT2D eigenvalue weighted by molar-refractivity contribution is 7.15. The summed E-state index contributed by atoms with van der Waals surface area (Å²) in [5.74, 6) is -0.194. The Morgan fingerprint density at radius 2 is 2.44 bits per heavy atom. The molecule has 0 saturated carbocycles. The number of aliphatic hydroxyl groups excluding tert-OH is 1. The number of halogens is 1. The average Bonchev–Trinajstić information content (AvgIpc) is 2.95. The predicted octanol–water partition coefficient (Wildman–Crippen LogP) is 0.479. The third-order valence-electron chi connectivity index (χ3n) is 3.05.